The van der Waals surface area contributed by atoms with Crippen molar-refractivity contribution in [3.05, 3.63) is 167 Å². The Labute approximate surface area is 388 Å². The summed E-state index contributed by atoms with van der Waals surface area (Å²) in [7, 11) is 0. The molecule has 0 N–H and O–H groups in total. The predicted octanol–water partition coefficient (Wildman–Crippen LogP) is 18.5. The van der Waals surface area contributed by atoms with Crippen LogP contribution in [-0.4, -0.2) is 9.13 Å². The molecule has 2 nitrogen and oxygen atoms in total. The van der Waals surface area contributed by atoms with E-state index in [1.165, 1.54) is 189 Å². The number of rotatable bonds is 17. The summed E-state index contributed by atoms with van der Waals surface area (Å²) < 4.78 is 4.91. The van der Waals surface area contributed by atoms with Gasteiger partial charge in [0.15, 0.2) is 0 Å². The minimum atomic E-state index is 0.0583. The molecule has 10 rings (SSSR count). The molecule has 0 spiro atoms. The first-order valence-corrected chi connectivity index (χ1v) is 25.2. The Hall–Kier alpha value is -5.86. The fraction of sp³-hybridized carbons (Fsp3) is 0.333. The van der Waals surface area contributed by atoms with Crippen molar-refractivity contribution in [3.63, 3.8) is 0 Å². The second kappa shape index (κ2) is 18.2. The van der Waals surface area contributed by atoms with Crippen molar-refractivity contribution >= 4 is 43.6 Å². The number of hydrogen-bond acceptors (Lipinski definition) is 0. The van der Waals surface area contributed by atoms with Gasteiger partial charge in [-0.2, -0.15) is 0 Å². The molecule has 330 valence electrons. The summed E-state index contributed by atoms with van der Waals surface area (Å²) in [6, 6.07) is 52.0. The summed E-state index contributed by atoms with van der Waals surface area (Å²) in [6.07, 6.45) is 18.5. The topological polar surface area (TPSA) is 9.86 Å². The highest BCUT2D eigenvalue weighted by Crippen LogP contribution is 2.55. The summed E-state index contributed by atoms with van der Waals surface area (Å²) in [5.74, 6) is 0. The molecule has 0 saturated heterocycles. The zero-order valence-electron chi connectivity index (χ0n) is 40.0. The molecule has 0 radical (unpaired) electrons. The molecule has 2 heteroatoms. The maximum absolute atomic E-state index is 2.63. The van der Waals surface area contributed by atoms with Crippen LogP contribution in [0, 0.1) is 27.7 Å². The molecule has 0 fully saturated rings. The summed E-state index contributed by atoms with van der Waals surface area (Å²) in [5.41, 5.74) is 21.4. The third-order valence-electron chi connectivity index (χ3n) is 15.1. The maximum Gasteiger partial charge on any atom is 0.0541 e. The van der Waals surface area contributed by atoms with Gasteiger partial charge in [-0.3, -0.25) is 0 Å². The lowest BCUT2D eigenvalue weighted by atomic mass is 9.70. The number of nitrogens with zero attached hydrogens (tertiary/aromatic N) is 2. The van der Waals surface area contributed by atoms with Crippen LogP contribution in [0.4, 0.5) is 0 Å². The summed E-state index contributed by atoms with van der Waals surface area (Å²) in [5, 5.41) is 5.24. The Balaban J connectivity index is 1.04. The van der Waals surface area contributed by atoms with Crippen molar-refractivity contribution in [2.45, 2.75) is 137 Å². The molecule has 65 heavy (non-hydrogen) atoms. The van der Waals surface area contributed by atoms with E-state index < -0.39 is 0 Å². The molecular formula is C63H68N2. The summed E-state index contributed by atoms with van der Waals surface area (Å²) >= 11 is 0. The predicted molar refractivity (Wildman–Crippen MR) is 282 cm³/mol. The Kier molecular flexibility index (Phi) is 12.1. The number of aromatic nitrogens is 2. The van der Waals surface area contributed by atoms with E-state index in [0.717, 1.165) is 0 Å². The van der Waals surface area contributed by atoms with Gasteiger partial charge in [0.1, 0.15) is 0 Å². The van der Waals surface area contributed by atoms with Crippen LogP contribution < -0.4 is 0 Å². The van der Waals surface area contributed by atoms with E-state index in [9.17, 15) is 0 Å². The molecule has 0 bridgehead atoms. The van der Waals surface area contributed by atoms with Crippen LogP contribution in [0.15, 0.2) is 133 Å². The van der Waals surface area contributed by atoms with E-state index in [2.05, 4.69) is 184 Å². The first-order valence-electron chi connectivity index (χ1n) is 25.2. The third kappa shape index (κ3) is 7.92. The molecule has 0 amide bonds. The lowest BCUT2D eigenvalue weighted by Gasteiger charge is -2.33. The Morgan fingerprint density at radius 2 is 0.692 bits per heavy atom. The number of hydrogen-bond donors (Lipinski definition) is 0. The second-order valence-corrected chi connectivity index (χ2v) is 19.9. The third-order valence-corrected chi connectivity index (χ3v) is 15.1. The SMILES string of the molecule is CCCCCCCCC1(CCCCCCCC)c2cc(C)ccc2-c2ccc(-c3ccc4c(c3)c3cc(C)ccc3n4-c3ccc(-n4c5ccc(C)cc5c5cc(C)ccc54)cc3)cc21. The van der Waals surface area contributed by atoms with Gasteiger partial charge in [0.25, 0.3) is 0 Å². The number of fused-ring (bicyclic) bond motifs is 9. The van der Waals surface area contributed by atoms with Crippen LogP contribution in [-0.2, 0) is 5.41 Å². The molecule has 2 aromatic heterocycles. The van der Waals surface area contributed by atoms with E-state index in [1.807, 2.05) is 0 Å². The molecule has 0 atom stereocenters. The monoisotopic (exact) mass is 853 g/mol. The Bertz CT molecular complexity index is 3090. The molecule has 0 unspecified atom stereocenters. The summed E-state index contributed by atoms with van der Waals surface area (Å²) in [6.45, 7) is 13.6. The molecule has 9 aromatic rings. The quantitative estimate of drug-likeness (QED) is 0.0808. The fourth-order valence-electron chi connectivity index (χ4n) is 11.7. The van der Waals surface area contributed by atoms with Crippen LogP contribution in [0.2, 0.25) is 0 Å². The fourth-order valence-corrected chi connectivity index (χ4v) is 11.7. The second-order valence-electron chi connectivity index (χ2n) is 19.9. The van der Waals surface area contributed by atoms with Gasteiger partial charge < -0.3 is 9.13 Å². The van der Waals surface area contributed by atoms with E-state index in [4.69, 9.17) is 0 Å². The van der Waals surface area contributed by atoms with Crippen LogP contribution >= 0.6 is 0 Å². The van der Waals surface area contributed by atoms with Crippen molar-refractivity contribution in [1.82, 2.24) is 9.13 Å². The van der Waals surface area contributed by atoms with E-state index in [1.54, 1.807) is 11.1 Å². The Morgan fingerprint density at radius 1 is 0.338 bits per heavy atom. The van der Waals surface area contributed by atoms with Gasteiger partial charge in [-0.15, -0.1) is 0 Å². The first kappa shape index (κ1) is 43.1. The highest BCUT2D eigenvalue weighted by atomic mass is 15.0. The average molecular weight is 853 g/mol. The minimum Gasteiger partial charge on any atom is -0.309 e. The average Bonchev–Trinajstić information content (AvgIpc) is 3.90. The van der Waals surface area contributed by atoms with Crippen molar-refractivity contribution in [2.24, 2.45) is 0 Å². The highest BCUT2D eigenvalue weighted by Gasteiger charge is 2.42. The van der Waals surface area contributed by atoms with Gasteiger partial charge in [-0.25, -0.2) is 0 Å². The van der Waals surface area contributed by atoms with Crippen molar-refractivity contribution in [1.29, 1.82) is 0 Å². The zero-order chi connectivity index (χ0) is 44.7. The minimum absolute atomic E-state index is 0.0583. The van der Waals surface area contributed by atoms with Crippen LogP contribution in [0.25, 0.3) is 77.2 Å². The van der Waals surface area contributed by atoms with Crippen molar-refractivity contribution in [2.75, 3.05) is 0 Å². The largest absolute Gasteiger partial charge is 0.309 e. The van der Waals surface area contributed by atoms with Gasteiger partial charge in [-0.05, 0) is 153 Å². The standard InChI is InChI=1S/C63H68N2/c1-7-9-11-13-15-17-35-63(36-18-16-14-12-10-8-2)57-40-46(6)19-29-51(57)52-30-23-48(42-58(52)63)47-24-34-62-56(41-47)55-39-45(5)22-33-61(55)65(62)50-27-25-49(26-28-50)64-59-31-20-43(3)37-53(59)54-38-44(4)21-32-60(54)64/h19-34,37-42H,7-18,35-36H2,1-6H3. The van der Waals surface area contributed by atoms with Crippen molar-refractivity contribution < 1.29 is 0 Å². The molecule has 0 saturated carbocycles. The van der Waals surface area contributed by atoms with Crippen molar-refractivity contribution in [3.8, 4) is 33.6 Å². The molecule has 7 aromatic carbocycles. The molecular weight excluding hydrogens is 785 g/mol. The van der Waals surface area contributed by atoms with Gasteiger partial charge in [0.05, 0.1) is 22.1 Å². The molecule has 1 aliphatic carbocycles. The zero-order valence-corrected chi connectivity index (χ0v) is 40.0. The van der Waals surface area contributed by atoms with Crippen LogP contribution in [0.1, 0.15) is 137 Å². The maximum atomic E-state index is 2.63. The molecule has 0 aliphatic heterocycles. The number of unbranched alkanes of at least 4 members (excludes halogenated alkanes) is 10. The highest BCUT2D eigenvalue weighted by molar-refractivity contribution is 6.11. The first-order chi connectivity index (χ1) is 31.8. The van der Waals surface area contributed by atoms with Gasteiger partial charge in [0, 0.05) is 38.3 Å². The number of benzene rings is 7. The number of aryl methyl sites for hydroxylation is 4. The van der Waals surface area contributed by atoms with Gasteiger partial charge >= 0.3 is 0 Å². The van der Waals surface area contributed by atoms with E-state index in [-0.39, 0.29) is 5.41 Å². The van der Waals surface area contributed by atoms with E-state index in [0.29, 0.717) is 0 Å². The molecule has 1 aliphatic rings. The van der Waals surface area contributed by atoms with Crippen LogP contribution in [0.3, 0.4) is 0 Å². The smallest absolute Gasteiger partial charge is 0.0541 e. The van der Waals surface area contributed by atoms with Gasteiger partial charge in [0.2, 0.25) is 0 Å². The summed E-state index contributed by atoms with van der Waals surface area (Å²) in [4.78, 5) is 0. The van der Waals surface area contributed by atoms with E-state index >= 15 is 0 Å². The van der Waals surface area contributed by atoms with Gasteiger partial charge in [-0.1, -0.05) is 168 Å². The van der Waals surface area contributed by atoms with Crippen LogP contribution in [0.5, 0.6) is 0 Å². The lowest BCUT2D eigenvalue weighted by molar-refractivity contribution is 0.398. The molecule has 2 heterocycles. The lowest BCUT2D eigenvalue weighted by Crippen LogP contribution is -2.25. The normalized spacial score (nSPS) is 13.1. The Morgan fingerprint density at radius 3 is 1.18 bits per heavy atom.